The van der Waals surface area contributed by atoms with Crippen molar-refractivity contribution < 1.29 is 9.53 Å². The molecule has 28 heavy (non-hydrogen) atoms. The summed E-state index contributed by atoms with van der Waals surface area (Å²) in [5, 5.41) is 15.5. The summed E-state index contributed by atoms with van der Waals surface area (Å²) in [7, 11) is 1.55. The third-order valence-electron chi connectivity index (χ3n) is 3.79. The van der Waals surface area contributed by atoms with Crippen molar-refractivity contribution in [2.75, 3.05) is 17.7 Å². The average Bonchev–Trinajstić information content (AvgIpc) is 2.68. The van der Waals surface area contributed by atoms with E-state index in [-0.39, 0.29) is 5.69 Å². The van der Waals surface area contributed by atoms with Gasteiger partial charge in [0.05, 0.1) is 24.0 Å². The first-order valence-electron chi connectivity index (χ1n) is 8.27. The lowest BCUT2D eigenvalue weighted by molar-refractivity contribution is 0.102. The van der Waals surface area contributed by atoms with Gasteiger partial charge in [0.1, 0.15) is 29.2 Å². The van der Waals surface area contributed by atoms with Crippen molar-refractivity contribution in [3.63, 3.8) is 0 Å². The van der Waals surface area contributed by atoms with Crippen LogP contribution in [0.25, 0.3) is 0 Å². The van der Waals surface area contributed by atoms with Gasteiger partial charge in [0.15, 0.2) is 0 Å². The number of nitrogens with one attached hydrogen (secondary N) is 2. The smallest absolute Gasteiger partial charge is 0.274 e. The quantitative estimate of drug-likeness (QED) is 0.669. The summed E-state index contributed by atoms with van der Waals surface area (Å²) >= 11 is 6.05. The number of carbonyl (C=O) groups is 1. The second kappa shape index (κ2) is 8.37. The van der Waals surface area contributed by atoms with Crippen LogP contribution < -0.4 is 15.4 Å². The van der Waals surface area contributed by atoms with E-state index in [1.165, 1.54) is 6.07 Å². The molecule has 1 heterocycles. The van der Waals surface area contributed by atoms with Crippen LogP contribution in [0.1, 0.15) is 21.9 Å². The van der Waals surface area contributed by atoms with Crippen molar-refractivity contribution in [1.29, 1.82) is 5.26 Å². The Morgan fingerprint density at radius 1 is 1.14 bits per heavy atom. The van der Waals surface area contributed by atoms with Crippen LogP contribution in [0.5, 0.6) is 5.75 Å². The summed E-state index contributed by atoms with van der Waals surface area (Å²) in [6.45, 7) is 1.68. The number of hydrogen-bond acceptors (Lipinski definition) is 6. The molecule has 0 bridgehead atoms. The largest absolute Gasteiger partial charge is 0.495 e. The van der Waals surface area contributed by atoms with Gasteiger partial charge < -0.3 is 15.4 Å². The third kappa shape index (κ3) is 4.37. The van der Waals surface area contributed by atoms with Crippen LogP contribution in [0.2, 0.25) is 5.02 Å². The zero-order valence-corrected chi connectivity index (χ0v) is 15.9. The van der Waals surface area contributed by atoms with E-state index < -0.39 is 5.91 Å². The standard InChI is InChI=1S/C20H16ClN5O2/c1-12-23-17(20(27)26-15-6-4-3-5-13(15)11-22)10-19(24-12)25-16-9-14(21)7-8-18(16)28-2/h3-10H,1-2H3,(H,26,27)(H,23,24,25). The number of hydrogen-bond donors (Lipinski definition) is 2. The minimum atomic E-state index is -0.450. The molecule has 0 aliphatic carbocycles. The average molecular weight is 394 g/mol. The molecule has 0 fully saturated rings. The fraction of sp³-hybridized carbons (Fsp3) is 0.100. The van der Waals surface area contributed by atoms with Gasteiger partial charge in [-0.3, -0.25) is 4.79 Å². The molecule has 0 radical (unpaired) electrons. The normalized spacial score (nSPS) is 10.1. The highest BCUT2D eigenvalue weighted by molar-refractivity contribution is 6.31. The fourth-order valence-corrected chi connectivity index (χ4v) is 2.71. The Bertz CT molecular complexity index is 1080. The molecule has 0 unspecified atom stereocenters. The monoisotopic (exact) mass is 393 g/mol. The van der Waals surface area contributed by atoms with Gasteiger partial charge in [-0.1, -0.05) is 23.7 Å². The highest BCUT2D eigenvalue weighted by atomic mass is 35.5. The van der Waals surface area contributed by atoms with Gasteiger partial charge in [0, 0.05) is 11.1 Å². The second-order valence-electron chi connectivity index (χ2n) is 5.77. The maximum atomic E-state index is 12.6. The summed E-state index contributed by atoms with van der Waals surface area (Å²) in [6.07, 6.45) is 0. The van der Waals surface area contributed by atoms with Gasteiger partial charge in [-0.15, -0.1) is 0 Å². The number of rotatable bonds is 5. The molecule has 8 heteroatoms. The van der Waals surface area contributed by atoms with Crippen LogP contribution in [0.15, 0.2) is 48.5 Å². The Hall–Kier alpha value is -3.63. The van der Waals surface area contributed by atoms with E-state index in [0.29, 0.717) is 39.4 Å². The van der Waals surface area contributed by atoms with E-state index in [1.807, 2.05) is 6.07 Å². The molecule has 0 aliphatic heterocycles. The Morgan fingerprint density at radius 3 is 2.68 bits per heavy atom. The number of methoxy groups -OCH3 is 1. The van der Waals surface area contributed by atoms with Gasteiger partial charge in [0.25, 0.3) is 5.91 Å². The molecule has 0 saturated carbocycles. The van der Waals surface area contributed by atoms with E-state index in [0.717, 1.165) is 0 Å². The molecule has 140 valence electrons. The summed E-state index contributed by atoms with van der Waals surface area (Å²) < 4.78 is 5.31. The number of ether oxygens (including phenoxy) is 1. The second-order valence-corrected chi connectivity index (χ2v) is 6.20. The van der Waals surface area contributed by atoms with E-state index in [9.17, 15) is 4.79 Å². The molecule has 2 aromatic carbocycles. The zero-order valence-electron chi connectivity index (χ0n) is 15.2. The van der Waals surface area contributed by atoms with Gasteiger partial charge in [-0.05, 0) is 37.3 Å². The number of anilines is 3. The molecular formula is C20H16ClN5O2. The SMILES string of the molecule is COc1ccc(Cl)cc1Nc1cc(C(=O)Nc2ccccc2C#N)nc(C)n1. The molecule has 0 spiro atoms. The first kappa shape index (κ1) is 19.1. The first-order valence-corrected chi connectivity index (χ1v) is 8.64. The number of aromatic nitrogens is 2. The van der Waals surface area contributed by atoms with Crippen molar-refractivity contribution in [3.8, 4) is 11.8 Å². The number of aryl methyl sites for hydroxylation is 1. The number of para-hydroxylation sites is 1. The van der Waals surface area contributed by atoms with Crippen molar-refractivity contribution >= 4 is 34.7 Å². The van der Waals surface area contributed by atoms with E-state index in [1.54, 1.807) is 56.5 Å². The van der Waals surface area contributed by atoms with Crippen LogP contribution >= 0.6 is 11.6 Å². The predicted octanol–water partition coefficient (Wildman–Crippen LogP) is 4.31. The fourth-order valence-electron chi connectivity index (χ4n) is 2.54. The zero-order chi connectivity index (χ0) is 20.1. The third-order valence-corrected chi connectivity index (χ3v) is 4.03. The highest BCUT2D eigenvalue weighted by Gasteiger charge is 2.14. The molecule has 0 aliphatic rings. The minimum absolute atomic E-state index is 0.156. The van der Waals surface area contributed by atoms with E-state index >= 15 is 0 Å². The molecule has 3 aromatic rings. The molecule has 7 nitrogen and oxygen atoms in total. The molecule has 1 aromatic heterocycles. The van der Waals surface area contributed by atoms with Crippen molar-refractivity contribution in [2.45, 2.75) is 6.92 Å². The van der Waals surface area contributed by atoms with Crippen LogP contribution in [-0.2, 0) is 0 Å². The predicted molar refractivity (Wildman–Crippen MR) is 107 cm³/mol. The van der Waals surface area contributed by atoms with Crippen LogP contribution in [-0.4, -0.2) is 23.0 Å². The molecular weight excluding hydrogens is 378 g/mol. The number of nitrogens with zero attached hydrogens (tertiary/aromatic N) is 3. The lowest BCUT2D eigenvalue weighted by Crippen LogP contribution is -2.16. The maximum Gasteiger partial charge on any atom is 0.274 e. The lowest BCUT2D eigenvalue weighted by Gasteiger charge is -2.12. The Labute approximate surface area is 167 Å². The summed E-state index contributed by atoms with van der Waals surface area (Å²) in [6, 6.07) is 15.4. The first-order chi connectivity index (χ1) is 13.5. The number of amides is 1. The summed E-state index contributed by atoms with van der Waals surface area (Å²) in [4.78, 5) is 21.1. The van der Waals surface area contributed by atoms with Gasteiger partial charge in [-0.2, -0.15) is 5.26 Å². The van der Waals surface area contributed by atoms with Crippen LogP contribution in [0, 0.1) is 18.3 Å². The van der Waals surface area contributed by atoms with Gasteiger partial charge >= 0.3 is 0 Å². The molecule has 1 amide bonds. The Kier molecular flexibility index (Phi) is 5.72. The van der Waals surface area contributed by atoms with Gasteiger partial charge in [0.2, 0.25) is 0 Å². The summed E-state index contributed by atoms with van der Waals surface area (Å²) in [5.74, 6) is 0.945. The number of halogens is 1. The van der Waals surface area contributed by atoms with E-state index in [2.05, 4.69) is 20.6 Å². The number of benzene rings is 2. The highest BCUT2D eigenvalue weighted by Crippen LogP contribution is 2.30. The van der Waals surface area contributed by atoms with Crippen molar-refractivity contribution in [2.24, 2.45) is 0 Å². The van der Waals surface area contributed by atoms with Crippen LogP contribution in [0.3, 0.4) is 0 Å². The molecule has 0 saturated heterocycles. The minimum Gasteiger partial charge on any atom is -0.495 e. The maximum absolute atomic E-state index is 12.6. The van der Waals surface area contributed by atoms with Crippen molar-refractivity contribution in [1.82, 2.24) is 9.97 Å². The number of nitriles is 1. The Morgan fingerprint density at radius 2 is 1.93 bits per heavy atom. The summed E-state index contributed by atoms with van der Waals surface area (Å²) in [5.41, 5.74) is 1.54. The Balaban J connectivity index is 1.88. The topological polar surface area (TPSA) is 99.9 Å². The lowest BCUT2D eigenvalue weighted by atomic mass is 10.2. The van der Waals surface area contributed by atoms with E-state index in [4.69, 9.17) is 21.6 Å². The molecule has 0 atom stereocenters. The molecule has 2 N–H and O–H groups in total. The van der Waals surface area contributed by atoms with Crippen LogP contribution in [0.4, 0.5) is 17.2 Å². The number of carbonyl (C=O) groups excluding carboxylic acids is 1. The molecule has 3 rings (SSSR count). The van der Waals surface area contributed by atoms with Crippen molar-refractivity contribution in [3.05, 3.63) is 70.6 Å². The van der Waals surface area contributed by atoms with Gasteiger partial charge in [-0.25, -0.2) is 9.97 Å².